The number of nitrogens with one attached hydrogen (secondary N) is 2. The van der Waals surface area contributed by atoms with Crippen LogP contribution in [0.3, 0.4) is 0 Å². The fraction of sp³-hybridized carbons (Fsp3) is 0.130. The van der Waals surface area contributed by atoms with Crippen molar-refractivity contribution in [3.05, 3.63) is 76.5 Å². The number of hydrogen-bond donors (Lipinski definition) is 2. The normalized spacial score (nSPS) is 10.6. The summed E-state index contributed by atoms with van der Waals surface area (Å²) in [5.74, 6) is 0.478. The van der Waals surface area contributed by atoms with Crippen molar-refractivity contribution in [3.8, 4) is 11.5 Å². The summed E-state index contributed by atoms with van der Waals surface area (Å²) in [7, 11) is 1.54. The van der Waals surface area contributed by atoms with Crippen LogP contribution in [0.2, 0.25) is 0 Å². The Labute approximate surface area is 179 Å². The Hall–Kier alpha value is -3.58. The van der Waals surface area contributed by atoms with E-state index in [1.54, 1.807) is 67.0 Å². The lowest BCUT2D eigenvalue weighted by Gasteiger charge is -2.11. The Bertz CT molecular complexity index is 1060. The number of carbonyl (C=O) groups is 2. The minimum absolute atomic E-state index is 0.167. The standard InChI is InChI=1S/C23H22N2O4S/c1-16-10-11-19(30-16)12-13-22(26)24-17-6-5-7-18(14-17)25-23(27)15-29-21-9-4-3-8-20(21)28-2/h3-14H,15H2,1-2H3,(H,24,26)(H,25,27)/b13-12+. The van der Waals surface area contributed by atoms with Gasteiger partial charge in [0, 0.05) is 27.2 Å². The molecule has 3 aromatic rings. The Balaban J connectivity index is 1.53. The largest absolute Gasteiger partial charge is 0.493 e. The van der Waals surface area contributed by atoms with Gasteiger partial charge in [-0.25, -0.2) is 0 Å². The SMILES string of the molecule is COc1ccccc1OCC(=O)Nc1cccc(NC(=O)/C=C/c2ccc(C)s2)c1. The molecule has 0 spiro atoms. The Kier molecular flexibility index (Phi) is 7.24. The molecule has 0 unspecified atom stereocenters. The lowest BCUT2D eigenvalue weighted by Crippen LogP contribution is -2.20. The number of para-hydroxylation sites is 2. The monoisotopic (exact) mass is 422 g/mol. The second-order valence-electron chi connectivity index (χ2n) is 6.34. The fourth-order valence-electron chi connectivity index (χ4n) is 2.64. The second kappa shape index (κ2) is 10.3. The average Bonchev–Trinajstić information content (AvgIpc) is 3.16. The summed E-state index contributed by atoms with van der Waals surface area (Å²) < 4.78 is 10.7. The van der Waals surface area contributed by atoms with Crippen LogP contribution in [0.4, 0.5) is 11.4 Å². The van der Waals surface area contributed by atoms with Gasteiger partial charge in [0.15, 0.2) is 18.1 Å². The molecule has 7 heteroatoms. The minimum Gasteiger partial charge on any atom is -0.493 e. The number of carbonyl (C=O) groups excluding carboxylic acids is 2. The fourth-order valence-corrected chi connectivity index (χ4v) is 3.42. The van der Waals surface area contributed by atoms with Gasteiger partial charge in [0.05, 0.1) is 7.11 Å². The third kappa shape index (κ3) is 6.22. The van der Waals surface area contributed by atoms with Gasteiger partial charge >= 0.3 is 0 Å². The number of rotatable bonds is 8. The Morgan fingerprint density at radius 3 is 2.40 bits per heavy atom. The van der Waals surface area contributed by atoms with E-state index in [1.807, 2.05) is 25.1 Å². The highest BCUT2D eigenvalue weighted by Crippen LogP contribution is 2.25. The third-order valence-corrected chi connectivity index (χ3v) is 4.97. The van der Waals surface area contributed by atoms with E-state index in [9.17, 15) is 9.59 Å². The van der Waals surface area contributed by atoms with Crippen LogP contribution >= 0.6 is 11.3 Å². The van der Waals surface area contributed by atoms with E-state index in [1.165, 1.54) is 11.0 Å². The van der Waals surface area contributed by atoms with Crippen LogP contribution in [0.25, 0.3) is 6.08 Å². The highest BCUT2D eigenvalue weighted by Gasteiger charge is 2.08. The maximum absolute atomic E-state index is 12.2. The summed E-state index contributed by atoms with van der Waals surface area (Å²) in [6, 6.07) is 18.0. The first-order valence-corrected chi connectivity index (χ1v) is 10.1. The molecule has 1 heterocycles. The van der Waals surface area contributed by atoms with Gasteiger partial charge in [-0.15, -0.1) is 11.3 Å². The smallest absolute Gasteiger partial charge is 0.262 e. The van der Waals surface area contributed by atoms with Crippen molar-refractivity contribution in [2.45, 2.75) is 6.92 Å². The molecule has 1 aromatic heterocycles. The van der Waals surface area contributed by atoms with Crippen molar-refractivity contribution in [1.82, 2.24) is 0 Å². The number of methoxy groups -OCH3 is 1. The predicted molar refractivity (Wildman–Crippen MR) is 120 cm³/mol. The molecule has 2 N–H and O–H groups in total. The molecule has 2 amide bonds. The summed E-state index contributed by atoms with van der Waals surface area (Å²) in [4.78, 5) is 26.5. The average molecular weight is 423 g/mol. The molecule has 0 atom stereocenters. The second-order valence-corrected chi connectivity index (χ2v) is 7.66. The topological polar surface area (TPSA) is 76.7 Å². The first-order chi connectivity index (χ1) is 14.5. The number of ether oxygens (including phenoxy) is 2. The van der Waals surface area contributed by atoms with Crippen molar-refractivity contribution in [2.75, 3.05) is 24.4 Å². The van der Waals surface area contributed by atoms with Gasteiger partial charge in [-0.1, -0.05) is 18.2 Å². The first kappa shape index (κ1) is 21.1. The third-order valence-electron chi connectivity index (χ3n) is 4.00. The molecule has 0 bridgehead atoms. The molecule has 6 nitrogen and oxygen atoms in total. The van der Waals surface area contributed by atoms with Gasteiger partial charge in [0.25, 0.3) is 5.91 Å². The highest BCUT2D eigenvalue weighted by atomic mass is 32.1. The number of amides is 2. The summed E-state index contributed by atoms with van der Waals surface area (Å²) >= 11 is 1.62. The molecule has 0 aliphatic heterocycles. The molecule has 0 aliphatic rings. The predicted octanol–water partition coefficient (Wildman–Crippen LogP) is 4.73. The maximum Gasteiger partial charge on any atom is 0.262 e. The summed E-state index contributed by atoms with van der Waals surface area (Å²) in [5, 5.41) is 5.54. The zero-order valence-electron chi connectivity index (χ0n) is 16.7. The maximum atomic E-state index is 12.2. The number of anilines is 2. The van der Waals surface area contributed by atoms with Crippen molar-refractivity contribution in [1.29, 1.82) is 0 Å². The van der Waals surface area contributed by atoms with Crippen LogP contribution < -0.4 is 20.1 Å². The molecule has 154 valence electrons. The summed E-state index contributed by atoms with van der Waals surface area (Å²) in [6.45, 7) is 1.85. The van der Waals surface area contributed by atoms with E-state index < -0.39 is 0 Å². The molecule has 30 heavy (non-hydrogen) atoms. The van der Waals surface area contributed by atoms with E-state index in [-0.39, 0.29) is 18.4 Å². The van der Waals surface area contributed by atoms with Crippen LogP contribution in [-0.4, -0.2) is 25.5 Å². The zero-order valence-corrected chi connectivity index (χ0v) is 17.5. The van der Waals surface area contributed by atoms with Crippen LogP contribution in [0.5, 0.6) is 11.5 Å². The van der Waals surface area contributed by atoms with E-state index in [4.69, 9.17) is 9.47 Å². The number of hydrogen-bond acceptors (Lipinski definition) is 5. The molecule has 0 saturated carbocycles. The molecule has 0 radical (unpaired) electrons. The Morgan fingerprint density at radius 1 is 0.967 bits per heavy atom. The van der Waals surface area contributed by atoms with E-state index in [2.05, 4.69) is 10.6 Å². The number of benzene rings is 2. The molecule has 2 aromatic carbocycles. The van der Waals surface area contributed by atoms with Gasteiger partial charge in [-0.3, -0.25) is 9.59 Å². The lowest BCUT2D eigenvalue weighted by molar-refractivity contribution is -0.118. The van der Waals surface area contributed by atoms with E-state index >= 15 is 0 Å². The number of aryl methyl sites for hydroxylation is 1. The molecule has 0 aliphatic carbocycles. The van der Waals surface area contributed by atoms with Crippen molar-refractivity contribution in [3.63, 3.8) is 0 Å². The molecular weight excluding hydrogens is 400 g/mol. The molecule has 3 rings (SSSR count). The first-order valence-electron chi connectivity index (χ1n) is 9.25. The molecular formula is C23H22N2O4S. The van der Waals surface area contributed by atoms with Crippen molar-refractivity contribution < 1.29 is 19.1 Å². The van der Waals surface area contributed by atoms with Crippen LogP contribution in [0.15, 0.2) is 66.7 Å². The number of thiophene rings is 1. The van der Waals surface area contributed by atoms with E-state index in [0.29, 0.717) is 22.9 Å². The Morgan fingerprint density at radius 2 is 1.70 bits per heavy atom. The lowest BCUT2D eigenvalue weighted by atomic mass is 10.2. The minimum atomic E-state index is -0.322. The van der Waals surface area contributed by atoms with Crippen molar-refractivity contribution >= 4 is 40.6 Å². The van der Waals surface area contributed by atoms with Gasteiger partial charge in [0.2, 0.25) is 5.91 Å². The van der Waals surface area contributed by atoms with Crippen molar-refractivity contribution in [2.24, 2.45) is 0 Å². The zero-order chi connectivity index (χ0) is 21.3. The van der Waals surface area contributed by atoms with Gasteiger partial charge in [-0.05, 0) is 55.5 Å². The highest BCUT2D eigenvalue weighted by molar-refractivity contribution is 7.12. The quantitative estimate of drug-likeness (QED) is 0.515. The van der Waals surface area contributed by atoms with Gasteiger partial charge < -0.3 is 20.1 Å². The van der Waals surface area contributed by atoms with Crippen LogP contribution in [0.1, 0.15) is 9.75 Å². The van der Waals surface area contributed by atoms with E-state index in [0.717, 1.165) is 4.88 Å². The van der Waals surface area contributed by atoms with Crippen LogP contribution in [0, 0.1) is 6.92 Å². The molecule has 0 saturated heterocycles. The van der Waals surface area contributed by atoms with Gasteiger partial charge in [0.1, 0.15) is 0 Å². The molecule has 0 fully saturated rings. The van der Waals surface area contributed by atoms with Crippen LogP contribution in [-0.2, 0) is 9.59 Å². The summed E-state index contributed by atoms with van der Waals surface area (Å²) in [5.41, 5.74) is 1.13. The van der Waals surface area contributed by atoms with Gasteiger partial charge in [-0.2, -0.15) is 0 Å². The summed E-state index contributed by atoms with van der Waals surface area (Å²) in [6.07, 6.45) is 3.26.